The van der Waals surface area contributed by atoms with Crippen molar-refractivity contribution in [2.75, 3.05) is 0 Å². The summed E-state index contributed by atoms with van der Waals surface area (Å²) in [4.78, 5) is 2.18. The van der Waals surface area contributed by atoms with E-state index in [1.54, 1.807) is 12.1 Å². The third-order valence-corrected chi connectivity index (χ3v) is 4.39. The summed E-state index contributed by atoms with van der Waals surface area (Å²) in [7, 11) is 0. The van der Waals surface area contributed by atoms with Gasteiger partial charge in [-0.3, -0.25) is 4.90 Å². The number of halogens is 5. The van der Waals surface area contributed by atoms with E-state index in [9.17, 15) is 13.2 Å². The van der Waals surface area contributed by atoms with E-state index in [4.69, 9.17) is 11.6 Å². The molecular formula is C16H12BrClF3NO. The first-order chi connectivity index (χ1) is 10.8. The number of fused-ring (bicyclic) bond motifs is 1. The highest BCUT2D eigenvalue weighted by atomic mass is 79.9. The molecule has 0 spiro atoms. The second-order valence-electron chi connectivity index (χ2n) is 5.36. The van der Waals surface area contributed by atoms with Crippen LogP contribution < -0.4 is 4.74 Å². The molecule has 2 nitrogen and oxygen atoms in total. The Hall–Kier alpha value is -1.24. The Bertz CT molecular complexity index is 719. The molecule has 0 unspecified atom stereocenters. The fourth-order valence-electron chi connectivity index (χ4n) is 2.66. The summed E-state index contributed by atoms with van der Waals surface area (Å²) in [6.45, 7) is 2.12. The summed E-state index contributed by atoms with van der Waals surface area (Å²) in [5, 5.41) is 0.728. The van der Waals surface area contributed by atoms with Crippen LogP contribution in [0.25, 0.3) is 0 Å². The molecule has 23 heavy (non-hydrogen) atoms. The molecule has 0 aliphatic carbocycles. The van der Waals surface area contributed by atoms with Crippen molar-refractivity contribution >= 4 is 27.5 Å². The minimum Gasteiger partial charge on any atom is -0.406 e. The van der Waals surface area contributed by atoms with E-state index in [1.165, 1.54) is 17.7 Å². The van der Waals surface area contributed by atoms with Crippen molar-refractivity contribution in [3.05, 3.63) is 62.6 Å². The lowest BCUT2D eigenvalue weighted by molar-refractivity contribution is -0.274. The van der Waals surface area contributed by atoms with Gasteiger partial charge < -0.3 is 4.74 Å². The topological polar surface area (TPSA) is 12.5 Å². The van der Waals surface area contributed by atoms with Gasteiger partial charge >= 0.3 is 6.36 Å². The van der Waals surface area contributed by atoms with Gasteiger partial charge in [0.15, 0.2) is 0 Å². The van der Waals surface area contributed by atoms with E-state index in [-0.39, 0.29) is 5.75 Å². The average Bonchev–Trinajstić information content (AvgIpc) is 2.82. The van der Waals surface area contributed by atoms with Crippen LogP contribution in [0.3, 0.4) is 0 Å². The molecule has 0 atom stereocenters. The van der Waals surface area contributed by atoms with E-state index in [0.29, 0.717) is 6.54 Å². The lowest BCUT2D eigenvalue weighted by Crippen LogP contribution is -2.17. The Morgan fingerprint density at radius 1 is 1.13 bits per heavy atom. The first-order valence-corrected chi connectivity index (χ1v) is 8.01. The highest BCUT2D eigenvalue weighted by Gasteiger charge is 2.31. The van der Waals surface area contributed by atoms with Crippen LogP contribution in [-0.2, 0) is 19.6 Å². The van der Waals surface area contributed by atoms with Crippen molar-refractivity contribution in [2.45, 2.75) is 26.0 Å². The van der Waals surface area contributed by atoms with Crippen LogP contribution in [0, 0.1) is 0 Å². The maximum Gasteiger partial charge on any atom is 0.573 e. The van der Waals surface area contributed by atoms with Crippen LogP contribution in [0.1, 0.15) is 16.7 Å². The molecule has 2 aromatic rings. The monoisotopic (exact) mass is 405 g/mol. The lowest BCUT2D eigenvalue weighted by atomic mass is 10.1. The second-order valence-corrected chi connectivity index (χ2v) is 6.69. The fourth-order valence-corrected chi connectivity index (χ4v) is 3.60. The first kappa shape index (κ1) is 16.6. The van der Waals surface area contributed by atoms with Gasteiger partial charge in [0.2, 0.25) is 0 Å². The van der Waals surface area contributed by atoms with Gasteiger partial charge in [-0.05, 0) is 41.0 Å². The maximum absolute atomic E-state index is 12.1. The van der Waals surface area contributed by atoms with Crippen LogP contribution in [0.2, 0.25) is 5.02 Å². The Kier molecular flexibility index (Phi) is 4.58. The predicted octanol–water partition coefficient (Wildman–Crippen LogP) is 5.52. The summed E-state index contributed by atoms with van der Waals surface area (Å²) in [6, 6.07) is 9.85. The minimum absolute atomic E-state index is 0.210. The van der Waals surface area contributed by atoms with Crippen molar-refractivity contribution in [3.8, 4) is 5.75 Å². The highest BCUT2D eigenvalue weighted by Crippen LogP contribution is 2.33. The summed E-state index contributed by atoms with van der Waals surface area (Å²) in [5.74, 6) is -0.210. The van der Waals surface area contributed by atoms with Gasteiger partial charge in [-0.15, -0.1) is 13.2 Å². The van der Waals surface area contributed by atoms with Crippen molar-refractivity contribution in [3.63, 3.8) is 0 Å². The molecule has 0 N–H and O–H groups in total. The Morgan fingerprint density at radius 2 is 1.83 bits per heavy atom. The van der Waals surface area contributed by atoms with Gasteiger partial charge in [0, 0.05) is 29.1 Å². The number of nitrogens with zero attached hydrogens (tertiary/aromatic N) is 1. The summed E-state index contributed by atoms with van der Waals surface area (Å²) in [5.41, 5.74) is 3.19. The normalized spacial score (nSPS) is 14.8. The molecule has 0 saturated carbocycles. The van der Waals surface area contributed by atoms with E-state index in [0.717, 1.165) is 33.7 Å². The van der Waals surface area contributed by atoms with Crippen LogP contribution >= 0.6 is 27.5 Å². The van der Waals surface area contributed by atoms with Crippen LogP contribution in [0.15, 0.2) is 40.9 Å². The second kappa shape index (κ2) is 6.34. The van der Waals surface area contributed by atoms with E-state index < -0.39 is 6.36 Å². The van der Waals surface area contributed by atoms with Gasteiger partial charge in [0.25, 0.3) is 0 Å². The number of hydrogen-bond acceptors (Lipinski definition) is 2. The molecule has 0 fully saturated rings. The standard InChI is InChI=1S/C16H12BrClF3NO/c17-12-5-11-8-22(9-14(11)15(18)6-12)7-10-1-3-13(4-2-10)23-16(19,20)21/h1-6H,7-9H2. The third kappa shape index (κ3) is 4.19. The quantitative estimate of drug-likeness (QED) is 0.666. The van der Waals surface area contributed by atoms with Gasteiger partial charge in [-0.2, -0.15) is 0 Å². The molecule has 7 heteroatoms. The first-order valence-electron chi connectivity index (χ1n) is 6.84. The van der Waals surface area contributed by atoms with E-state index in [2.05, 4.69) is 25.6 Å². The third-order valence-electron chi connectivity index (χ3n) is 3.59. The Labute approximate surface area is 144 Å². The SMILES string of the molecule is FC(F)(F)Oc1ccc(CN2Cc3cc(Br)cc(Cl)c3C2)cc1. The smallest absolute Gasteiger partial charge is 0.406 e. The van der Waals surface area contributed by atoms with Crippen molar-refractivity contribution in [2.24, 2.45) is 0 Å². The molecule has 0 amide bonds. The molecule has 1 aliphatic rings. The van der Waals surface area contributed by atoms with Crippen LogP contribution in [-0.4, -0.2) is 11.3 Å². The molecule has 0 bridgehead atoms. The number of ether oxygens (including phenoxy) is 1. The molecule has 3 rings (SSSR count). The zero-order chi connectivity index (χ0) is 16.6. The van der Waals surface area contributed by atoms with E-state index in [1.807, 2.05) is 12.1 Å². The molecule has 122 valence electrons. The number of alkyl halides is 3. The summed E-state index contributed by atoms with van der Waals surface area (Å²) < 4.78 is 41.2. The van der Waals surface area contributed by atoms with Crippen molar-refractivity contribution < 1.29 is 17.9 Å². The van der Waals surface area contributed by atoms with Gasteiger partial charge in [0.1, 0.15) is 5.75 Å². The Balaban J connectivity index is 1.66. The number of rotatable bonds is 3. The molecule has 1 aliphatic heterocycles. The largest absolute Gasteiger partial charge is 0.573 e. The molecule has 0 aromatic heterocycles. The predicted molar refractivity (Wildman–Crippen MR) is 85.2 cm³/mol. The summed E-state index contributed by atoms with van der Waals surface area (Å²) in [6.07, 6.45) is -4.66. The minimum atomic E-state index is -4.66. The number of benzene rings is 2. The van der Waals surface area contributed by atoms with Gasteiger partial charge in [-0.25, -0.2) is 0 Å². The van der Waals surface area contributed by atoms with Crippen LogP contribution in [0.5, 0.6) is 5.75 Å². The maximum atomic E-state index is 12.1. The lowest BCUT2D eigenvalue weighted by Gasteiger charge is -2.15. The van der Waals surface area contributed by atoms with Crippen LogP contribution in [0.4, 0.5) is 13.2 Å². The zero-order valence-electron chi connectivity index (χ0n) is 11.8. The zero-order valence-corrected chi connectivity index (χ0v) is 14.2. The average molecular weight is 407 g/mol. The highest BCUT2D eigenvalue weighted by molar-refractivity contribution is 9.10. The molecule has 0 radical (unpaired) electrons. The molecule has 0 saturated heterocycles. The summed E-state index contributed by atoms with van der Waals surface area (Å²) >= 11 is 9.67. The van der Waals surface area contributed by atoms with Gasteiger partial charge in [-0.1, -0.05) is 39.7 Å². The molecule has 1 heterocycles. The number of hydrogen-bond donors (Lipinski definition) is 0. The van der Waals surface area contributed by atoms with Gasteiger partial charge in [0.05, 0.1) is 0 Å². The van der Waals surface area contributed by atoms with Crippen molar-refractivity contribution in [1.82, 2.24) is 4.90 Å². The Morgan fingerprint density at radius 3 is 2.48 bits per heavy atom. The van der Waals surface area contributed by atoms with E-state index >= 15 is 0 Å². The van der Waals surface area contributed by atoms with Crippen molar-refractivity contribution in [1.29, 1.82) is 0 Å². The molecule has 2 aromatic carbocycles. The molecular weight excluding hydrogens is 395 g/mol. The fraction of sp³-hybridized carbons (Fsp3) is 0.250.